The van der Waals surface area contributed by atoms with Crippen molar-refractivity contribution in [3.63, 3.8) is 0 Å². The van der Waals surface area contributed by atoms with Crippen LogP contribution in [0.3, 0.4) is 0 Å². The van der Waals surface area contributed by atoms with Gasteiger partial charge in [-0.1, -0.05) is 18.2 Å². The van der Waals surface area contributed by atoms with Crippen molar-refractivity contribution in [2.45, 2.75) is 6.92 Å². The number of aryl methyl sites for hydroxylation is 1. The summed E-state index contributed by atoms with van der Waals surface area (Å²) in [5.74, 6) is 0.0194. The van der Waals surface area contributed by atoms with Gasteiger partial charge in [0.25, 0.3) is 5.91 Å². The Labute approximate surface area is 137 Å². The molecule has 4 nitrogen and oxygen atoms in total. The third kappa shape index (κ3) is 4.30. The molecule has 1 aromatic carbocycles. The van der Waals surface area contributed by atoms with Gasteiger partial charge >= 0.3 is 0 Å². The van der Waals surface area contributed by atoms with Gasteiger partial charge in [0.2, 0.25) is 0 Å². The van der Waals surface area contributed by atoms with E-state index in [-0.39, 0.29) is 30.7 Å². The van der Waals surface area contributed by atoms with E-state index in [4.69, 9.17) is 0 Å². The summed E-state index contributed by atoms with van der Waals surface area (Å²) in [6.07, 6.45) is 1.68. The lowest BCUT2D eigenvalue weighted by atomic mass is 10.0. The number of halogens is 2. The molecule has 1 N–H and O–H groups in total. The van der Waals surface area contributed by atoms with Gasteiger partial charge < -0.3 is 10.2 Å². The maximum absolute atomic E-state index is 12.4. The van der Waals surface area contributed by atoms with Crippen molar-refractivity contribution in [3.05, 3.63) is 41.6 Å². The first kappa shape index (κ1) is 19.6. The molecule has 2 aromatic rings. The topological polar surface area (TPSA) is 45.2 Å². The third-order valence-electron chi connectivity index (χ3n) is 3.32. The summed E-state index contributed by atoms with van der Waals surface area (Å²) in [5, 5.41) is 4.08. The molecule has 0 atom stereocenters. The molecule has 0 aliphatic carbocycles. The third-order valence-corrected chi connectivity index (χ3v) is 3.32. The molecule has 0 radical (unpaired) electrons. The number of hydrogen-bond acceptors (Lipinski definition) is 3. The van der Waals surface area contributed by atoms with E-state index in [0.29, 0.717) is 12.1 Å². The molecule has 0 fully saturated rings. The molecule has 0 saturated heterocycles. The van der Waals surface area contributed by atoms with E-state index in [1.54, 1.807) is 11.1 Å². The van der Waals surface area contributed by atoms with E-state index in [1.807, 2.05) is 45.3 Å². The second-order valence-corrected chi connectivity index (χ2v) is 4.64. The fourth-order valence-electron chi connectivity index (χ4n) is 2.08. The van der Waals surface area contributed by atoms with Crippen LogP contribution < -0.4 is 5.32 Å². The maximum Gasteiger partial charge on any atom is 0.255 e. The van der Waals surface area contributed by atoms with Crippen molar-refractivity contribution in [2.24, 2.45) is 0 Å². The summed E-state index contributed by atoms with van der Waals surface area (Å²) >= 11 is 0. The van der Waals surface area contributed by atoms with Gasteiger partial charge in [-0.15, -0.1) is 24.8 Å². The minimum atomic E-state index is 0. The minimum absolute atomic E-state index is 0. The summed E-state index contributed by atoms with van der Waals surface area (Å²) < 4.78 is 0. The van der Waals surface area contributed by atoms with E-state index in [1.165, 1.54) is 0 Å². The second-order valence-electron chi connectivity index (χ2n) is 4.64. The van der Waals surface area contributed by atoms with Crippen LogP contribution in [0.2, 0.25) is 0 Å². The molecule has 0 bridgehead atoms. The lowest BCUT2D eigenvalue weighted by Gasteiger charge is -2.18. The summed E-state index contributed by atoms with van der Waals surface area (Å²) in [4.78, 5) is 18.5. The predicted molar refractivity (Wildman–Crippen MR) is 91.9 cm³/mol. The lowest BCUT2D eigenvalue weighted by molar-refractivity contribution is 0.0796. The number of para-hydroxylation sites is 1. The number of hydrogen-bond donors (Lipinski definition) is 1. The zero-order chi connectivity index (χ0) is 13.8. The first-order valence-electron chi connectivity index (χ1n) is 6.39. The van der Waals surface area contributed by atoms with Crippen LogP contribution in [0.25, 0.3) is 10.9 Å². The van der Waals surface area contributed by atoms with Crippen molar-refractivity contribution < 1.29 is 4.79 Å². The Balaban J connectivity index is 0.00000200. The van der Waals surface area contributed by atoms with Gasteiger partial charge in [-0.25, -0.2) is 0 Å². The van der Waals surface area contributed by atoms with E-state index < -0.39 is 0 Å². The van der Waals surface area contributed by atoms with Crippen molar-refractivity contribution in [1.29, 1.82) is 0 Å². The van der Waals surface area contributed by atoms with Gasteiger partial charge in [0.05, 0.1) is 11.1 Å². The number of benzene rings is 1. The van der Waals surface area contributed by atoms with Gasteiger partial charge in [0.1, 0.15) is 0 Å². The van der Waals surface area contributed by atoms with Crippen LogP contribution in [0.5, 0.6) is 0 Å². The quantitative estimate of drug-likeness (QED) is 0.937. The molecule has 0 spiro atoms. The number of aromatic nitrogens is 1. The highest BCUT2D eigenvalue weighted by atomic mass is 35.5. The summed E-state index contributed by atoms with van der Waals surface area (Å²) in [5.41, 5.74) is 2.60. The first-order chi connectivity index (χ1) is 9.15. The Morgan fingerprint density at radius 2 is 1.95 bits per heavy atom. The highest BCUT2D eigenvalue weighted by molar-refractivity contribution is 5.99. The average Bonchev–Trinajstić information content (AvgIpc) is 2.44. The zero-order valence-electron chi connectivity index (χ0n) is 12.4. The molecule has 0 saturated carbocycles. The summed E-state index contributed by atoms with van der Waals surface area (Å²) in [7, 11) is 3.69. The highest BCUT2D eigenvalue weighted by Gasteiger charge is 2.15. The molecule has 0 unspecified atom stereocenters. The Hall–Kier alpha value is -1.36. The van der Waals surface area contributed by atoms with E-state index in [9.17, 15) is 4.79 Å². The molecule has 1 heterocycles. The van der Waals surface area contributed by atoms with Crippen molar-refractivity contribution >= 4 is 41.6 Å². The van der Waals surface area contributed by atoms with Crippen LogP contribution in [-0.4, -0.2) is 43.0 Å². The molecule has 6 heteroatoms. The Kier molecular flexibility index (Phi) is 8.25. The Bertz CT molecular complexity index is 604. The lowest BCUT2D eigenvalue weighted by Crippen LogP contribution is -2.33. The van der Waals surface area contributed by atoms with Gasteiger partial charge in [-0.3, -0.25) is 9.78 Å². The molecular formula is C15H21Cl2N3O. The number of nitrogens with zero attached hydrogens (tertiary/aromatic N) is 2. The number of carbonyl (C=O) groups is 1. The molecule has 0 aliphatic heterocycles. The monoisotopic (exact) mass is 329 g/mol. The number of amides is 1. The molecule has 1 aromatic heterocycles. The molecule has 0 aliphatic rings. The van der Waals surface area contributed by atoms with Gasteiger partial charge in [0.15, 0.2) is 0 Å². The van der Waals surface area contributed by atoms with Gasteiger partial charge in [-0.2, -0.15) is 0 Å². The number of likely N-dealkylation sites (N-methyl/N-ethyl adjacent to an activating group) is 2. The molecule has 116 valence electrons. The van der Waals surface area contributed by atoms with Gasteiger partial charge in [-0.05, 0) is 25.6 Å². The first-order valence-corrected chi connectivity index (χ1v) is 6.39. The number of nitrogens with one attached hydrogen (secondary N) is 1. The Morgan fingerprint density at radius 3 is 2.62 bits per heavy atom. The van der Waals surface area contributed by atoms with Crippen molar-refractivity contribution in [1.82, 2.24) is 15.2 Å². The number of fused-ring (bicyclic) bond motifs is 1. The largest absolute Gasteiger partial charge is 0.340 e. The standard InChI is InChI=1S/C15H19N3O.2ClH/c1-11-12-6-4-5-7-14(12)17-10-13(11)15(19)18(3)9-8-16-2;;/h4-7,10,16H,8-9H2,1-3H3;2*1H. The summed E-state index contributed by atoms with van der Waals surface area (Å²) in [6.45, 7) is 3.44. The van der Waals surface area contributed by atoms with Crippen LogP contribution in [0.4, 0.5) is 0 Å². The molecule has 2 rings (SSSR count). The smallest absolute Gasteiger partial charge is 0.255 e. The van der Waals surface area contributed by atoms with Gasteiger partial charge in [0, 0.05) is 31.7 Å². The SMILES string of the molecule is CNCCN(C)C(=O)c1cnc2ccccc2c1C.Cl.Cl. The van der Waals surface area contributed by atoms with Crippen LogP contribution in [-0.2, 0) is 0 Å². The average molecular weight is 330 g/mol. The van der Waals surface area contributed by atoms with Crippen LogP contribution in [0, 0.1) is 6.92 Å². The fourth-order valence-corrected chi connectivity index (χ4v) is 2.08. The van der Waals surface area contributed by atoms with Crippen LogP contribution in [0.1, 0.15) is 15.9 Å². The molecular weight excluding hydrogens is 309 g/mol. The van der Waals surface area contributed by atoms with Crippen molar-refractivity contribution in [3.8, 4) is 0 Å². The predicted octanol–water partition coefficient (Wildman–Crippen LogP) is 2.68. The Morgan fingerprint density at radius 1 is 1.29 bits per heavy atom. The molecule has 1 amide bonds. The highest BCUT2D eigenvalue weighted by Crippen LogP contribution is 2.20. The minimum Gasteiger partial charge on any atom is -0.340 e. The zero-order valence-corrected chi connectivity index (χ0v) is 14.1. The number of pyridine rings is 1. The van der Waals surface area contributed by atoms with Crippen LogP contribution in [0.15, 0.2) is 30.5 Å². The number of carbonyl (C=O) groups excluding carboxylic acids is 1. The van der Waals surface area contributed by atoms with E-state index >= 15 is 0 Å². The maximum atomic E-state index is 12.4. The van der Waals surface area contributed by atoms with E-state index in [2.05, 4.69) is 10.3 Å². The fraction of sp³-hybridized carbons (Fsp3) is 0.333. The molecule has 21 heavy (non-hydrogen) atoms. The summed E-state index contributed by atoms with van der Waals surface area (Å²) in [6, 6.07) is 7.88. The van der Waals surface area contributed by atoms with Crippen LogP contribution >= 0.6 is 24.8 Å². The second kappa shape index (κ2) is 8.82. The van der Waals surface area contributed by atoms with E-state index in [0.717, 1.165) is 23.0 Å². The van der Waals surface area contributed by atoms with Crippen molar-refractivity contribution in [2.75, 3.05) is 27.2 Å². The normalized spacial score (nSPS) is 9.67. The number of rotatable bonds is 4.